The summed E-state index contributed by atoms with van der Waals surface area (Å²) < 4.78 is 37.8. The number of nitrogens with zero attached hydrogens (tertiary/aromatic N) is 2. The van der Waals surface area contributed by atoms with Crippen LogP contribution in [0.5, 0.6) is 0 Å². The first kappa shape index (κ1) is 20.4. The van der Waals surface area contributed by atoms with Crippen molar-refractivity contribution in [2.75, 3.05) is 20.8 Å². The molecule has 2 aromatic rings. The van der Waals surface area contributed by atoms with Crippen LogP contribution in [0.3, 0.4) is 0 Å². The summed E-state index contributed by atoms with van der Waals surface area (Å²) in [5, 5.41) is 0. The van der Waals surface area contributed by atoms with E-state index in [1.165, 1.54) is 11.4 Å². The number of fused-ring (bicyclic) bond motifs is 1. The van der Waals surface area contributed by atoms with Crippen LogP contribution in [0.2, 0.25) is 0 Å². The third-order valence-corrected chi connectivity index (χ3v) is 7.83. The smallest absolute Gasteiger partial charge is 0.425 e. The predicted molar refractivity (Wildman–Crippen MR) is 108 cm³/mol. The summed E-state index contributed by atoms with van der Waals surface area (Å²) in [6.07, 6.45) is -0.794. The van der Waals surface area contributed by atoms with E-state index in [1.807, 2.05) is 60.7 Å². The van der Waals surface area contributed by atoms with Gasteiger partial charge < -0.3 is 9.47 Å². The Morgan fingerprint density at radius 1 is 0.933 bits per heavy atom. The van der Waals surface area contributed by atoms with E-state index in [-0.39, 0.29) is 6.54 Å². The Hall–Kier alpha value is -2.91. The monoisotopic (exact) mass is 430 g/mol. The quantitative estimate of drug-likeness (QED) is 0.691. The van der Waals surface area contributed by atoms with Crippen LogP contribution in [0.4, 0.5) is 4.79 Å². The van der Waals surface area contributed by atoms with E-state index in [9.17, 15) is 18.0 Å². The first-order valence-electron chi connectivity index (χ1n) is 9.45. The molecule has 0 saturated carbocycles. The number of hydrogen-bond acceptors (Lipinski definition) is 6. The Kier molecular flexibility index (Phi) is 5.03. The maximum Gasteiger partial charge on any atom is 0.425 e. The van der Waals surface area contributed by atoms with E-state index in [0.717, 1.165) is 18.2 Å². The zero-order valence-corrected chi connectivity index (χ0v) is 17.4. The fourth-order valence-corrected chi connectivity index (χ4v) is 6.53. The molecule has 0 spiro atoms. The van der Waals surface area contributed by atoms with E-state index < -0.39 is 39.8 Å². The van der Waals surface area contributed by atoms with Gasteiger partial charge in [-0.25, -0.2) is 9.59 Å². The number of amides is 1. The van der Waals surface area contributed by atoms with Crippen LogP contribution in [0.1, 0.15) is 17.5 Å². The molecule has 0 bridgehead atoms. The maximum atomic E-state index is 13.3. The molecule has 2 atom stereocenters. The molecule has 0 aromatic heterocycles. The summed E-state index contributed by atoms with van der Waals surface area (Å²) in [6, 6.07) is 17.1. The topological polar surface area (TPSA) is 93.2 Å². The minimum Gasteiger partial charge on any atom is -0.467 e. The maximum absolute atomic E-state index is 13.3. The fourth-order valence-electron chi connectivity index (χ4n) is 4.61. The summed E-state index contributed by atoms with van der Waals surface area (Å²) in [5.74, 6) is -0.798. The molecule has 158 valence electrons. The average molecular weight is 430 g/mol. The summed E-state index contributed by atoms with van der Waals surface area (Å²) in [5.41, 5.74) is 1.21. The SMILES string of the molecule is COC(=O)[C@H]1[C@H]2CC(c3ccccc3)(c3ccccc3)CN2S(=O)(=O)N1C(=O)OC. The van der Waals surface area contributed by atoms with E-state index in [1.54, 1.807) is 0 Å². The molecule has 2 aliphatic heterocycles. The van der Waals surface area contributed by atoms with Crippen LogP contribution in [0.25, 0.3) is 0 Å². The minimum atomic E-state index is -4.28. The molecule has 2 aliphatic rings. The fraction of sp³-hybridized carbons (Fsp3) is 0.333. The van der Waals surface area contributed by atoms with E-state index in [2.05, 4.69) is 4.74 Å². The van der Waals surface area contributed by atoms with Crippen molar-refractivity contribution < 1.29 is 27.5 Å². The highest BCUT2D eigenvalue weighted by molar-refractivity contribution is 7.87. The van der Waals surface area contributed by atoms with Gasteiger partial charge in [0.05, 0.1) is 20.3 Å². The van der Waals surface area contributed by atoms with Gasteiger partial charge in [-0.2, -0.15) is 17.0 Å². The van der Waals surface area contributed by atoms with Gasteiger partial charge in [0.1, 0.15) is 0 Å². The van der Waals surface area contributed by atoms with E-state index in [0.29, 0.717) is 10.7 Å². The predicted octanol–water partition coefficient (Wildman–Crippen LogP) is 1.92. The minimum absolute atomic E-state index is 0.0923. The molecule has 30 heavy (non-hydrogen) atoms. The molecule has 2 fully saturated rings. The second-order valence-corrected chi connectivity index (χ2v) is 9.13. The number of rotatable bonds is 3. The average Bonchev–Trinajstić information content (AvgIpc) is 3.28. The van der Waals surface area contributed by atoms with E-state index in [4.69, 9.17) is 4.74 Å². The molecule has 2 saturated heterocycles. The molecule has 0 unspecified atom stereocenters. The van der Waals surface area contributed by atoms with Crippen LogP contribution >= 0.6 is 0 Å². The van der Waals surface area contributed by atoms with Crippen molar-refractivity contribution in [3.63, 3.8) is 0 Å². The highest BCUT2D eigenvalue weighted by atomic mass is 32.2. The number of benzene rings is 2. The first-order chi connectivity index (χ1) is 14.4. The Labute approximate surface area is 175 Å². The lowest BCUT2D eigenvalue weighted by atomic mass is 9.72. The number of hydrogen-bond donors (Lipinski definition) is 0. The Bertz CT molecular complexity index is 1020. The molecule has 2 heterocycles. The Balaban J connectivity index is 1.88. The van der Waals surface area contributed by atoms with Crippen molar-refractivity contribution in [3.8, 4) is 0 Å². The molecule has 0 radical (unpaired) electrons. The van der Waals surface area contributed by atoms with Crippen molar-refractivity contribution >= 4 is 22.3 Å². The standard InChI is InChI=1S/C21H22N2O6S/c1-28-19(24)18-17-13-21(15-9-5-3-6-10-15,16-11-7-4-8-12-16)14-22(17)30(26,27)23(18)20(25)29-2/h3-12,17-18H,13-14H2,1-2H3/t17-,18-/m1/s1. The zero-order chi connectivity index (χ0) is 21.5. The Morgan fingerprint density at radius 2 is 1.47 bits per heavy atom. The second-order valence-electron chi connectivity index (χ2n) is 7.37. The van der Waals surface area contributed by atoms with Gasteiger partial charge in [0.25, 0.3) is 0 Å². The third-order valence-electron chi connectivity index (χ3n) is 5.97. The van der Waals surface area contributed by atoms with E-state index >= 15 is 0 Å². The van der Waals surface area contributed by atoms with Crippen LogP contribution < -0.4 is 0 Å². The van der Waals surface area contributed by atoms with Gasteiger partial charge in [-0.15, -0.1) is 0 Å². The van der Waals surface area contributed by atoms with Crippen molar-refractivity contribution in [2.45, 2.75) is 23.9 Å². The Morgan fingerprint density at radius 3 is 1.93 bits per heavy atom. The van der Waals surface area contributed by atoms with Gasteiger partial charge in [-0.3, -0.25) is 0 Å². The van der Waals surface area contributed by atoms with Crippen LogP contribution in [0.15, 0.2) is 60.7 Å². The molecule has 1 amide bonds. The zero-order valence-electron chi connectivity index (χ0n) is 16.6. The number of esters is 1. The van der Waals surface area contributed by atoms with Crippen molar-refractivity contribution in [2.24, 2.45) is 0 Å². The van der Waals surface area contributed by atoms with Gasteiger partial charge in [-0.1, -0.05) is 60.7 Å². The molecule has 0 N–H and O–H groups in total. The van der Waals surface area contributed by atoms with Gasteiger partial charge in [0.2, 0.25) is 0 Å². The lowest BCUT2D eigenvalue weighted by Gasteiger charge is -2.32. The van der Waals surface area contributed by atoms with Crippen molar-refractivity contribution in [1.29, 1.82) is 0 Å². The molecular weight excluding hydrogens is 408 g/mol. The lowest BCUT2D eigenvalue weighted by molar-refractivity contribution is -0.145. The second kappa shape index (κ2) is 7.41. The summed E-state index contributed by atoms with van der Waals surface area (Å²) in [4.78, 5) is 24.9. The van der Waals surface area contributed by atoms with Crippen molar-refractivity contribution in [1.82, 2.24) is 8.61 Å². The normalized spacial score (nSPS) is 24.3. The van der Waals surface area contributed by atoms with Crippen molar-refractivity contribution in [3.05, 3.63) is 71.8 Å². The summed E-state index contributed by atoms with van der Waals surface area (Å²) in [6.45, 7) is 0.0923. The highest BCUT2D eigenvalue weighted by Crippen LogP contribution is 2.49. The first-order valence-corrected chi connectivity index (χ1v) is 10.8. The molecule has 0 aliphatic carbocycles. The van der Waals surface area contributed by atoms with Crippen LogP contribution in [0, 0.1) is 0 Å². The lowest BCUT2D eigenvalue weighted by Crippen LogP contribution is -2.48. The number of carbonyl (C=O) groups is 2. The molecule has 2 aromatic carbocycles. The highest BCUT2D eigenvalue weighted by Gasteiger charge is 2.64. The molecule has 9 heteroatoms. The van der Waals surface area contributed by atoms with Crippen LogP contribution in [-0.2, 0) is 29.9 Å². The summed E-state index contributed by atoms with van der Waals surface area (Å²) >= 11 is 0. The van der Waals surface area contributed by atoms with Gasteiger partial charge >= 0.3 is 22.3 Å². The van der Waals surface area contributed by atoms with Gasteiger partial charge in [0, 0.05) is 12.0 Å². The van der Waals surface area contributed by atoms with Gasteiger partial charge in [-0.05, 0) is 17.5 Å². The summed E-state index contributed by atoms with van der Waals surface area (Å²) in [7, 11) is -2.03. The number of ether oxygens (including phenoxy) is 2. The largest absolute Gasteiger partial charge is 0.467 e. The number of carbonyl (C=O) groups excluding carboxylic acids is 2. The molecular formula is C21H22N2O6S. The third kappa shape index (κ3) is 2.88. The van der Waals surface area contributed by atoms with Gasteiger partial charge in [0.15, 0.2) is 6.04 Å². The van der Waals surface area contributed by atoms with Crippen LogP contribution in [-0.4, -0.2) is 61.9 Å². The number of methoxy groups -OCH3 is 2. The molecule has 8 nitrogen and oxygen atoms in total. The molecule has 4 rings (SSSR count).